The Morgan fingerprint density at radius 3 is 2.93 bits per heavy atom. The molecule has 0 atom stereocenters. The van der Waals surface area contributed by atoms with E-state index >= 15 is 0 Å². The normalized spacial score (nSPS) is 9.43. The van der Waals surface area contributed by atoms with E-state index in [1.165, 1.54) is 6.07 Å². The van der Waals surface area contributed by atoms with Gasteiger partial charge in [-0.05, 0) is 42.4 Å². The molecule has 0 aliphatic carbocycles. The third-order valence-electron chi connectivity index (χ3n) is 1.79. The Balaban J connectivity index is 2.82. The number of aryl methyl sites for hydroxylation is 1. The second-order valence-electron chi connectivity index (χ2n) is 2.80. The van der Waals surface area contributed by atoms with Crippen molar-refractivity contribution in [3.8, 4) is 11.2 Å². The molecule has 0 amide bonds. The lowest BCUT2D eigenvalue weighted by atomic mass is 10.1. The average Bonchev–Trinajstić information content (AvgIpc) is 2.18. The number of thiocyanates is 1. The maximum Gasteiger partial charge on any atom is 0.173 e. The third kappa shape index (κ3) is 2.51. The summed E-state index contributed by atoms with van der Waals surface area (Å²) in [5, 5.41) is 19.4. The first-order chi connectivity index (χ1) is 6.65. The van der Waals surface area contributed by atoms with Gasteiger partial charge < -0.3 is 5.11 Å². The Kier molecular flexibility index (Phi) is 3.55. The van der Waals surface area contributed by atoms with Crippen LogP contribution in [0.3, 0.4) is 0 Å². The molecule has 0 aliphatic rings. The quantitative estimate of drug-likeness (QED) is 0.609. The molecule has 0 aliphatic heterocycles. The first kappa shape index (κ1) is 10.6. The van der Waals surface area contributed by atoms with Crippen LogP contribution in [0.15, 0.2) is 18.2 Å². The molecule has 1 aromatic carbocycles. The molecule has 0 fully saturated rings. The number of aromatic hydroxyl groups is 1. The molecule has 0 saturated heterocycles. The maximum absolute atomic E-state index is 11.4. The number of ketones is 1. The van der Waals surface area contributed by atoms with Crippen LogP contribution in [0.1, 0.15) is 15.9 Å². The van der Waals surface area contributed by atoms with Gasteiger partial charge in [0.1, 0.15) is 11.2 Å². The van der Waals surface area contributed by atoms with Gasteiger partial charge in [-0.2, -0.15) is 5.26 Å². The number of nitriles is 1. The number of benzene rings is 1. The van der Waals surface area contributed by atoms with E-state index in [4.69, 9.17) is 5.26 Å². The molecule has 1 N–H and O–H groups in total. The van der Waals surface area contributed by atoms with Crippen molar-refractivity contribution in [1.82, 2.24) is 0 Å². The van der Waals surface area contributed by atoms with Crippen molar-refractivity contribution in [2.45, 2.75) is 6.92 Å². The molecule has 0 heterocycles. The second kappa shape index (κ2) is 4.68. The fourth-order valence-electron chi connectivity index (χ4n) is 1.01. The monoisotopic (exact) mass is 207 g/mol. The van der Waals surface area contributed by atoms with Gasteiger partial charge in [0.15, 0.2) is 5.78 Å². The zero-order chi connectivity index (χ0) is 10.6. The smallest absolute Gasteiger partial charge is 0.173 e. The van der Waals surface area contributed by atoms with Crippen LogP contribution >= 0.6 is 11.8 Å². The summed E-state index contributed by atoms with van der Waals surface area (Å²) in [4.78, 5) is 11.4. The summed E-state index contributed by atoms with van der Waals surface area (Å²) in [7, 11) is 0. The second-order valence-corrected chi connectivity index (χ2v) is 3.56. The van der Waals surface area contributed by atoms with Crippen LogP contribution in [-0.2, 0) is 0 Å². The van der Waals surface area contributed by atoms with Crippen molar-refractivity contribution < 1.29 is 9.90 Å². The Labute approximate surface area is 86.4 Å². The molecule has 0 radical (unpaired) electrons. The molecule has 72 valence electrons. The van der Waals surface area contributed by atoms with E-state index in [1.54, 1.807) is 19.1 Å². The highest BCUT2D eigenvalue weighted by Crippen LogP contribution is 2.18. The molecular formula is C10H9NO2S. The molecule has 0 saturated carbocycles. The molecule has 0 spiro atoms. The van der Waals surface area contributed by atoms with Crippen molar-refractivity contribution in [3.63, 3.8) is 0 Å². The molecule has 4 heteroatoms. The molecule has 0 unspecified atom stereocenters. The first-order valence-electron chi connectivity index (χ1n) is 3.99. The van der Waals surface area contributed by atoms with E-state index < -0.39 is 0 Å². The van der Waals surface area contributed by atoms with E-state index in [0.29, 0.717) is 11.1 Å². The summed E-state index contributed by atoms with van der Waals surface area (Å²) in [5.74, 6) is 0.231. The van der Waals surface area contributed by atoms with Crippen molar-refractivity contribution >= 4 is 17.5 Å². The summed E-state index contributed by atoms with van der Waals surface area (Å²) >= 11 is 0.915. The van der Waals surface area contributed by atoms with Gasteiger partial charge in [-0.25, -0.2) is 0 Å². The number of carbonyl (C=O) groups is 1. The molecule has 14 heavy (non-hydrogen) atoms. The Morgan fingerprint density at radius 2 is 2.36 bits per heavy atom. The first-order valence-corrected chi connectivity index (χ1v) is 4.97. The minimum absolute atomic E-state index is 0.0975. The van der Waals surface area contributed by atoms with Gasteiger partial charge in [0.25, 0.3) is 0 Å². The van der Waals surface area contributed by atoms with Crippen molar-refractivity contribution in [1.29, 1.82) is 5.26 Å². The van der Waals surface area contributed by atoms with Crippen LogP contribution in [-0.4, -0.2) is 16.6 Å². The van der Waals surface area contributed by atoms with Gasteiger partial charge in [-0.15, -0.1) is 0 Å². The lowest BCUT2D eigenvalue weighted by Gasteiger charge is -2.01. The van der Waals surface area contributed by atoms with E-state index in [2.05, 4.69) is 0 Å². The summed E-state index contributed by atoms with van der Waals surface area (Å²) in [6, 6.07) is 4.66. The predicted molar refractivity (Wildman–Crippen MR) is 55.2 cm³/mol. The van der Waals surface area contributed by atoms with E-state index in [-0.39, 0.29) is 17.3 Å². The zero-order valence-corrected chi connectivity index (χ0v) is 8.47. The standard InChI is InChI=1S/C10H9NO2S/c1-7-4-8(2-3-9(7)12)10(13)5-14-6-11/h2-4,12H,5H2,1H3. The molecule has 0 aromatic heterocycles. The Morgan fingerprint density at radius 1 is 1.64 bits per heavy atom. The minimum Gasteiger partial charge on any atom is -0.508 e. The average molecular weight is 207 g/mol. The highest BCUT2D eigenvalue weighted by atomic mass is 32.2. The van der Waals surface area contributed by atoms with Crippen LogP contribution in [0.25, 0.3) is 0 Å². The van der Waals surface area contributed by atoms with E-state index in [0.717, 1.165) is 11.8 Å². The number of carbonyl (C=O) groups excluding carboxylic acids is 1. The van der Waals surface area contributed by atoms with Crippen molar-refractivity contribution in [2.24, 2.45) is 0 Å². The predicted octanol–water partition coefficient (Wildman–Crippen LogP) is 2.10. The Hall–Kier alpha value is -1.47. The van der Waals surface area contributed by atoms with Gasteiger partial charge in [0, 0.05) is 5.56 Å². The third-order valence-corrected chi connectivity index (χ3v) is 2.32. The van der Waals surface area contributed by atoms with Crippen molar-refractivity contribution in [2.75, 3.05) is 5.75 Å². The fourth-order valence-corrected chi connectivity index (χ4v) is 1.37. The number of phenols is 1. The zero-order valence-electron chi connectivity index (χ0n) is 7.65. The van der Waals surface area contributed by atoms with Crippen LogP contribution < -0.4 is 0 Å². The van der Waals surface area contributed by atoms with Crippen LogP contribution in [0.2, 0.25) is 0 Å². The van der Waals surface area contributed by atoms with E-state index in [9.17, 15) is 9.90 Å². The number of Topliss-reactive ketones (excluding diaryl/α,β-unsaturated/α-hetero) is 1. The number of rotatable bonds is 3. The van der Waals surface area contributed by atoms with Crippen molar-refractivity contribution in [3.05, 3.63) is 29.3 Å². The van der Waals surface area contributed by atoms with Gasteiger partial charge in [-0.3, -0.25) is 4.79 Å². The highest BCUT2D eigenvalue weighted by Gasteiger charge is 2.07. The van der Waals surface area contributed by atoms with E-state index in [1.807, 2.05) is 5.40 Å². The molecule has 1 aromatic rings. The van der Waals surface area contributed by atoms with Gasteiger partial charge in [0.05, 0.1) is 5.75 Å². The molecule has 0 bridgehead atoms. The van der Waals surface area contributed by atoms with Gasteiger partial charge in [-0.1, -0.05) is 0 Å². The summed E-state index contributed by atoms with van der Waals surface area (Å²) < 4.78 is 0. The lowest BCUT2D eigenvalue weighted by Crippen LogP contribution is -2.01. The largest absolute Gasteiger partial charge is 0.508 e. The molecular weight excluding hydrogens is 198 g/mol. The number of hydrogen-bond donors (Lipinski definition) is 1. The van der Waals surface area contributed by atoms with Gasteiger partial charge in [0.2, 0.25) is 0 Å². The number of nitrogens with zero attached hydrogens (tertiary/aromatic N) is 1. The lowest BCUT2D eigenvalue weighted by molar-refractivity contribution is 0.102. The summed E-state index contributed by atoms with van der Waals surface area (Å²) in [5.41, 5.74) is 1.20. The number of hydrogen-bond acceptors (Lipinski definition) is 4. The molecule has 1 rings (SSSR count). The minimum atomic E-state index is -0.0975. The van der Waals surface area contributed by atoms with Gasteiger partial charge >= 0.3 is 0 Å². The Bertz CT molecular complexity index is 396. The number of phenolic OH excluding ortho intramolecular Hbond substituents is 1. The summed E-state index contributed by atoms with van der Waals surface area (Å²) in [6.45, 7) is 1.73. The topological polar surface area (TPSA) is 61.1 Å². The van der Waals surface area contributed by atoms with Crippen LogP contribution in [0, 0.1) is 17.6 Å². The molecule has 3 nitrogen and oxygen atoms in total. The fraction of sp³-hybridized carbons (Fsp3) is 0.200. The highest BCUT2D eigenvalue weighted by molar-refractivity contribution is 8.04. The SMILES string of the molecule is Cc1cc(C(=O)CSC#N)ccc1O. The van der Waals surface area contributed by atoms with Crippen LogP contribution in [0.4, 0.5) is 0 Å². The summed E-state index contributed by atoms with van der Waals surface area (Å²) in [6.07, 6.45) is 0. The maximum atomic E-state index is 11.4. The van der Waals surface area contributed by atoms with Crippen LogP contribution in [0.5, 0.6) is 5.75 Å². The number of thioether (sulfide) groups is 1.